The van der Waals surface area contributed by atoms with E-state index in [1.54, 1.807) is 0 Å². The van der Waals surface area contributed by atoms with Gasteiger partial charge >= 0.3 is 5.97 Å². The predicted octanol–water partition coefficient (Wildman–Crippen LogP) is 2.87. The maximum Gasteiger partial charge on any atom is 0.308 e. The highest BCUT2D eigenvalue weighted by atomic mass is 35.5. The van der Waals surface area contributed by atoms with E-state index in [9.17, 15) is 4.79 Å². The van der Waals surface area contributed by atoms with E-state index in [4.69, 9.17) is 25.8 Å². The summed E-state index contributed by atoms with van der Waals surface area (Å²) in [5.41, 5.74) is -0.469. The highest BCUT2D eigenvalue weighted by Crippen LogP contribution is 2.29. The second-order valence-electron chi connectivity index (χ2n) is 6.06. The summed E-state index contributed by atoms with van der Waals surface area (Å²) in [5.74, 6) is -0.555. The average Bonchev–Trinajstić information content (AvgIpc) is 2.11. The lowest BCUT2D eigenvalue weighted by Crippen LogP contribution is -2.46. The Balaban J connectivity index is 2.53. The van der Waals surface area contributed by atoms with Crippen molar-refractivity contribution in [2.24, 2.45) is 0 Å². The molecule has 106 valence electrons. The lowest BCUT2D eigenvalue weighted by molar-refractivity contribution is -0.295. The largest absolute Gasteiger partial charge is 0.460 e. The molecular formula is C13H23ClO4. The van der Waals surface area contributed by atoms with Crippen LogP contribution in [0.1, 0.15) is 47.5 Å². The molecule has 1 heterocycles. The lowest BCUT2D eigenvalue weighted by Gasteiger charge is -2.40. The summed E-state index contributed by atoms with van der Waals surface area (Å²) in [6.45, 7) is 9.20. The molecule has 0 N–H and O–H groups in total. The van der Waals surface area contributed by atoms with Gasteiger partial charge in [-0.15, -0.1) is 11.6 Å². The van der Waals surface area contributed by atoms with E-state index in [0.29, 0.717) is 12.3 Å². The van der Waals surface area contributed by atoms with E-state index in [2.05, 4.69) is 0 Å². The van der Waals surface area contributed by atoms with E-state index >= 15 is 0 Å². The quantitative estimate of drug-likeness (QED) is 0.588. The SMILES string of the molecule is CC(C)(C)OC(=O)C[C@@H]1C[C@H](CCl)OC(C)(C)O1. The lowest BCUT2D eigenvalue weighted by atomic mass is 10.1. The van der Waals surface area contributed by atoms with Crippen molar-refractivity contribution in [3.05, 3.63) is 0 Å². The zero-order valence-electron chi connectivity index (χ0n) is 11.8. The molecule has 0 unspecified atom stereocenters. The summed E-state index contributed by atoms with van der Waals surface area (Å²) in [6.07, 6.45) is 0.569. The van der Waals surface area contributed by atoms with Crippen LogP contribution in [0.15, 0.2) is 0 Å². The Morgan fingerprint density at radius 2 is 1.89 bits per heavy atom. The van der Waals surface area contributed by atoms with Crippen LogP contribution in [0.5, 0.6) is 0 Å². The molecule has 1 rings (SSSR count). The van der Waals surface area contributed by atoms with Gasteiger partial charge in [0.05, 0.1) is 18.6 Å². The van der Waals surface area contributed by atoms with Crippen molar-refractivity contribution in [1.82, 2.24) is 0 Å². The number of rotatable bonds is 3. The summed E-state index contributed by atoms with van der Waals surface area (Å²) in [4.78, 5) is 11.8. The van der Waals surface area contributed by atoms with Gasteiger partial charge in [-0.05, 0) is 34.6 Å². The highest BCUT2D eigenvalue weighted by molar-refractivity contribution is 6.18. The molecule has 0 aromatic rings. The van der Waals surface area contributed by atoms with Gasteiger partial charge < -0.3 is 14.2 Å². The fourth-order valence-corrected chi connectivity index (χ4v) is 2.20. The van der Waals surface area contributed by atoms with Crippen LogP contribution >= 0.6 is 11.6 Å². The van der Waals surface area contributed by atoms with Gasteiger partial charge in [0.1, 0.15) is 5.60 Å². The van der Waals surface area contributed by atoms with Crippen LogP contribution < -0.4 is 0 Å². The van der Waals surface area contributed by atoms with E-state index in [0.717, 1.165) is 0 Å². The molecule has 0 saturated carbocycles. The smallest absolute Gasteiger partial charge is 0.308 e. The van der Waals surface area contributed by atoms with E-state index < -0.39 is 11.4 Å². The predicted molar refractivity (Wildman–Crippen MR) is 69.6 cm³/mol. The molecule has 0 aromatic heterocycles. The van der Waals surface area contributed by atoms with E-state index in [-0.39, 0.29) is 24.6 Å². The number of ether oxygens (including phenoxy) is 3. The Hall–Kier alpha value is -0.320. The monoisotopic (exact) mass is 278 g/mol. The van der Waals surface area contributed by atoms with Gasteiger partial charge in [-0.2, -0.15) is 0 Å². The Kier molecular flexibility index (Phi) is 5.04. The van der Waals surface area contributed by atoms with Crippen molar-refractivity contribution in [2.75, 3.05) is 5.88 Å². The number of hydrogen-bond donors (Lipinski definition) is 0. The van der Waals surface area contributed by atoms with Crippen molar-refractivity contribution in [3.63, 3.8) is 0 Å². The van der Waals surface area contributed by atoms with Gasteiger partial charge in [-0.25, -0.2) is 0 Å². The third-order valence-electron chi connectivity index (χ3n) is 2.41. The van der Waals surface area contributed by atoms with E-state index in [1.807, 2.05) is 34.6 Å². The molecule has 4 nitrogen and oxygen atoms in total. The fourth-order valence-electron chi connectivity index (χ4n) is 2.01. The molecule has 1 saturated heterocycles. The van der Waals surface area contributed by atoms with Crippen molar-refractivity contribution in [3.8, 4) is 0 Å². The highest BCUT2D eigenvalue weighted by Gasteiger charge is 2.36. The second-order valence-corrected chi connectivity index (χ2v) is 6.37. The first-order valence-electron chi connectivity index (χ1n) is 6.25. The molecule has 1 aliphatic heterocycles. The Morgan fingerprint density at radius 1 is 1.33 bits per heavy atom. The number of alkyl halides is 1. The van der Waals surface area contributed by atoms with Crippen LogP contribution in [0.25, 0.3) is 0 Å². The van der Waals surface area contributed by atoms with Crippen molar-refractivity contribution in [1.29, 1.82) is 0 Å². The summed E-state index contributed by atoms with van der Waals surface area (Å²) in [6, 6.07) is 0. The first-order chi connectivity index (χ1) is 8.11. The van der Waals surface area contributed by atoms with Crippen molar-refractivity contribution < 1.29 is 19.0 Å². The second kappa shape index (κ2) is 5.76. The number of carbonyl (C=O) groups is 1. The molecule has 1 aliphatic rings. The standard InChI is InChI=1S/C13H23ClO4/c1-12(2,3)18-11(15)7-9-6-10(8-14)17-13(4,5)16-9/h9-10H,6-8H2,1-5H3/t9-,10+/m0/s1. The van der Waals surface area contributed by atoms with Crippen LogP contribution in [-0.4, -0.2) is 35.4 Å². The zero-order chi connectivity index (χ0) is 14.0. The molecule has 0 amide bonds. The topological polar surface area (TPSA) is 44.8 Å². The summed E-state index contributed by atoms with van der Waals surface area (Å²) in [7, 11) is 0. The van der Waals surface area contributed by atoms with Gasteiger partial charge in [0.15, 0.2) is 5.79 Å². The number of hydrogen-bond acceptors (Lipinski definition) is 4. The van der Waals surface area contributed by atoms with Crippen LogP contribution in [0.3, 0.4) is 0 Å². The molecule has 5 heteroatoms. The summed E-state index contributed by atoms with van der Waals surface area (Å²) >= 11 is 5.82. The molecule has 0 radical (unpaired) electrons. The maximum absolute atomic E-state index is 11.8. The van der Waals surface area contributed by atoms with Gasteiger partial charge in [0.25, 0.3) is 0 Å². The Labute approximate surface area is 114 Å². The molecule has 2 atom stereocenters. The summed E-state index contributed by atoms with van der Waals surface area (Å²) < 4.78 is 16.6. The minimum atomic E-state index is -0.704. The van der Waals surface area contributed by atoms with Gasteiger partial charge in [-0.3, -0.25) is 4.79 Å². The van der Waals surface area contributed by atoms with Crippen LogP contribution in [0.4, 0.5) is 0 Å². The van der Waals surface area contributed by atoms with Crippen LogP contribution in [-0.2, 0) is 19.0 Å². The number of halogens is 1. The minimum absolute atomic E-state index is 0.0807. The Bertz CT molecular complexity index is 296. The van der Waals surface area contributed by atoms with E-state index in [1.165, 1.54) is 0 Å². The maximum atomic E-state index is 11.8. The number of carbonyl (C=O) groups excluding carboxylic acids is 1. The van der Waals surface area contributed by atoms with Crippen molar-refractivity contribution in [2.45, 2.75) is 71.1 Å². The molecule has 0 spiro atoms. The Morgan fingerprint density at radius 3 is 2.39 bits per heavy atom. The van der Waals surface area contributed by atoms with Crippen LogP contribution in [0.2, 0.25) is 0 Å². The van der Waals surface area contributed by atoms with Gasteiger partial charge in [0.2, 0.25) is 0 Å². The molecule has 0 aliphatic carbocycles. The van der Waals surface area contributed by atoms with Crippen molar-refractivity contribution >= 4 is 17.6 Å². The average molecular weight is 279 g/mol. The summed E-state index contributed by atoms with van der Waals surface area (Å²) in [5, 5.41) is 0. The third-order valence-corrected chi connectivity index (χ3v) is 2.76. The normalized spacial score (nSPS) is 27.9. The minimum Gasteiger partial charge on any atom is -0.460 e. The third kappa shape index (κ3) is 5.55. The molecule has 0 bridgehead atoms. The number of esters is 1. The van der Waals surface area contributed by atoms with Gasteiger partial charge in [-0.1, -0.05) is 0 Å². The molecule has 0 aromatic carbocycles. The fraction of sp³-hybridized carbons (Fsp3) is 0.923. The molecular weight excluding hydrogens is 256 g/mol. The van der Waals surface area contributed by atoms with Gasteiger partial charge in [0, 0.05) is 12.3 Å². The first kappa shape index (κ1) is 15.7. The first-order valence-corrected chi connectivity index (χ1v) is 6.78. The zero-order valence-corrected chi connectivity index (χ0v) is 12.5. The molecule has 18 heavy (non-hydrogen) atoms. The van der Waals surface area contributed by atoms with Crippen LogP contribution in [0, 0.1) is 0 Å². The molecule has 1 fully saturated rings.